The molecule has 0 unspecified atom stereocenters. The van der Waals surface area contributed by atoms with Crippen molar-refractivity contribution in [3.05, 3.63) is 16.4 Å². The van der Waals surface area contributed by atoms with Gasteiger partial charge < -0.3 is 10.1 Å². The molecule has 0 aliphatic heterocycles. The monoisotopic (exact) mass is 299 g/mol. The van der Waals surface area contributed by atoms with E-state index in [1.54, 1.807) is 4.68 Å². The molecule has 114 valence electrons. The minimum Gasteiger partial charge on any atom is -0.381 e. The van der Waals surface area contributed by atoms with Crippen LogP contribution in [0.2, 0.25) is 5.15 Å². The number of nitrogens with zero attached hydrogens (tertiary/aromatic N) is 2. The molecule has 1 aromatic heterocycles. The second-order valence-electron chi connectivity index (χ2n) is 5.98. The quantitative estimate of drug-likeness (QED) is 0.712. The molecule has 0 radical (unpaired) electrons. The lowest BCUT2D eigenvalue weighted by atomic mass is 10.1. The van der Waals surface area contributed by atoms with E-state index in [-0.39, 0.29) is 0 Å². The Kier molecular flexibility index (Phi) is 5.87. The zero-order chi connectivity index (χ0) is 14.5. The topological polar surface area (TPSA) is 39.1 Å². The Morgan fingerprint density at radius 3 is 2.85 bits per heavy atom. The largest absolute Gasteiger partial charge is 0.381 e. The van der Waals surface area contributed by atoms with E-state index in [0.29, 0.717) is 5.92 Å². The lowest BCUT2D eigenvalue weighted by Gasteiger charge is -2.08. The summed E-state index contributed by atoms with van der Waals surface area (Å²) in [6, 6.07) is 0. The summed E-state index contributed by atoms with van der Waals surface area (Å²) in [6.45, 7) is 7.82. The highest BCUT2D eigenvalue weighted by molar-refractivity contribution is 6.30. The van der Waals surface area contributed by atoms with Gasteiger partial charge >= 0.3 is 0 Å². The van der Waals surface area contributed by atoms with Crippen LogP contribution in [0.15, 0.2) is 0 Å². The van der Waals surface area contributed by atoms with Crippen LogP contribution in [0.5, 0.6) is 0 Å². The molecule has 2 rings (SSSR count). The second-order valence-corrected chi connectivity index (χ2v) is 6.34. The zero-order valence-electron chi connectivity index (χ0n) is 12.8. The molecule has 1 aromatic rings. The van der Waals surface area contributed by atoms with Crippen LogP contribution in [0, 0.1) is 5.92 Å². The summed E-state index contributed by atoms with van der Waals surface area (Å²) in [6.07, 6.45) is 3.76. The molecular weight excluding hydrogens is 274 g/mol. The summed E-state index contributed by atoms with van der Waals surface area (Å²) in [7, 11) is 1.89. The summed E-state index contributed by atoms with van der Waals surface area (Å²) in [5.74, 6) is 1.25. The molecule has 20 heavy (non-hydrogen) atoms. The predicted molar refractivity (Wildman–Crippen MR) is 82.2 cm³/mol. The van der Waals surface area contributed by atoms with Crippen LogP contribution >= 0.6 is 11.6 Å². The van der Waals surface area contributed by atoms with Gasteiger partial charge in [-0.2, -0.15) is 5.10 Å². The zero-order valence-corrected chi connectivity index (χ0v) is 13.5. The highest BCUT2D eigenvalue weighted by atomic mass is 35.5. The molecule has 1 aliphatic rings. The first kappa shape index (κ1) is 15.8. The Morgan fingerprint density at radius 1 is 1.45 bits per heavy atom. The highest BCUT2D eigenvalue weighted by Crippen LogP contribution is 2.28. The van der Waals surface area contributed by atoms with E-state index in [9.17, 15) is 0 Å². The van der Waals surface area contributed by atoms with Crippen LogP contribution < -0.4 is 5.32 Å². The van der Waals surface area contributed by atoms with Gasteiger partial charge in [0, 0.05) is 32.4 Å². The molecule has 1 saturated carbocycles. The van der Waals surface area contributed by atoms with Crippen LogP contribution in [0.4, 0.5) is 0 Å². The molecule has 0 spiro atoms. The third-order valence-electron chi connectivity index (χ3n) is 3.64. The molecule has 0 amide bonds. The van der Waals surface area contributed by atoms with Gasteiger partial charge in [-0.15, -0.1) is 0 Å². The molecule has 4 nitrogen and oxygen atoms in total. The van der Waals surface area contributed by atoms with Crippen molar-refractivity contribution in [2.24, 2.45) is 13.0 Å². The number of aryl methyl sites for hydroxylation is 1. The van der Waals surface area contributed by atoms with Gasteiger partial charge in [0.2, 0.25) is 0 Å². The van der Waals surface area contributed by atoms with Gasteiger partial charge in [0.05, 0.1) is 5.69 Å². The molecule has 0 saturated heterocycles. The molecule has 1 heterocycles. The number of nitrogens with one attached hydrogen (secondary N) is 1. The average Bonchev–Trinajstić information content (AvgIpc) is 3.18. The van der Waals surface area contributed by atoms with Crippen molar-refractivity contribution in [2.75, 3.05) is 19.8 Å². The van der Waals surface area contributed by atoms with Crippen molar-refractivity contribution >= 4 is 11.6 Å². The van der Waals surface area contributed by atoms with Crippen LogP contribution in [0.1, 0.15) is 50.3 Å². The van der Waals surface area contributed by atoms with Gasteiger partial charge in [0.25, 0.3) is 0 Å². The molecule has 1 aliphatic carbocycles. The summed E-state index contributed by atoms with van der Waals surface area (Å²) in [5.41, 5.74) is 2.22. The minimum atomic E-state index is 0.396. The first-order chi connectivity index (χ1) is 9.59. The summed E-state index contributed by atoms with van der Waals surface area (Å²) in [4.78, 5) is 0. The maximum Gasteiger partial charge on any atom is 0.131 e. The fourth-order valence-electron chi connectivity index (χ4n) is 2.24. The molecule has 0 aromatic carbocycles. The highest BCUT2D eigenvalue weighted by Gasteiger charge is 2.20. The smallest absolute Gasteiger partial charge is 0.131 e. The Bertz CT molecular complexity index is 427. The van der Waals surface area contributed by atoms with Crippen LogP contribution in [0.25, 0.3) is 0 Å². The molecule has 0 bridgehead atoms. The Hall–Kier alpha value is -0.580. The fourth-order valence-corrected chi connectivity index (χ4v) is 2.44. The van der Waals surface area contributed by atoms with Gasteiger partial charge in [0.15, 0.2) is 0 Å². The number of halogens is 1. The van der Waals surface area contributed by atoms with Crippen molar-refractivity contribution in [1.82, 2.24) is 15.1 Å². The number of rotatable bonds is 9. The first-order valence-electron chi connectivity index (χ1n) is 7.59. The van der Waals surface area contributed by atoms with Crippen molar-refractivity contribution in [2.45, 2.75) is 45.6 Å². The SMILES string of the molecule is CC(C)c1nn(C)c(Cl)c1CNCCCOCC1CC1. The van der Waals surface area contributed by atoms with E-state index >= 15 is 0 Å². The minimum absolute atomic E-state index is 0.396. The third kappa shape index (κ3) is 4.47. The number of ether oxygens (including phenoxy) is 1. The second kappa shape index (κ2) is 7.43. The van der Waals surface area contributed by atoms with Crippen LogP contribution in [-0.2, 0) is 18.3 Å². The van der Waals surface area contributed by atoms with Crippen molar-refractivity contribution in [1.29, 1.82) is 0 Å². The van der Waals surface area contributed by atoms with Crippen LogP contribution in [-0.4, -0.2) is 29.5 Å². The maximum absolute atomic E-state index is 6.30. The van der Waals surface area contributed by atoms with Crippen molar-refractivity contribution < 1.29 is 4.74 Å². The van der Waals surface area contributed by atoms with Gasteiger partial charge in [-0.1, -0.05) is 25.4 Å². The lowest BCUT2D eigenvalue weighted by molar-refractivity contribution is 0.122. The lowest BCUT2D eigenvalue weighted by Crippen LogP contribution is -2.17. The van der Waals surface area contributed by atoms with E-state index in [0.717, 1.165) is 55.1 Å². The van der Waals surface area contributed by atoms with E-state index in [1.807, 2.05) is 7.05 Å². The van der Waals surface area contributed by atoms with E-state index in [4.69, 9.17) is 16.3 Å². The Labute approximate surface area is 126 Å². The predicted octanol–water partition coefficient (Wildman–Crippen LogP) is 3.10. The maximum atomic E-state index is 6.30. The summed E-state index contributed by atoms with van der Waals surface area (Å²) in [5, 5.41) is 8.66. The van der Waals surface area contributed by atoms with Crippen molar-refractivity contribution in [3.63, 3.8) is 0 Å². The molecule has 1 fully saturated rings. The summed E-state index contributed by atoms with van der Waals surface area (Å²) >= 11 is 6.30. The van der Waals surface area contributed by atoms with E-state index in [2.05, 4.69) is 24.3 Å². The molecule has 1 N–H and O–H groups in total. The summed E-state index contributed by atoms with van der Waals surface area (Å²) < 4.78 is 7.37. The van der Waals surface area contributed by atoms with Gasteiger partial charge in [-0.3, -0.25) is 4.68 Å². The van der Waals surface area contributed by atoms with Gasteiger partial charge in [-0.25, -0.2) is 0 Å². The van der Waals surface area contributed by atoms with Gasteiger partial charge in [-0.05, 0) is 37.6 Å². The average molecular weight is 300 g/mol. The number of hydrogen-bond acceptors (Lipinski definition) is 3. The van der Waals surface area contributed by atoms with E-state index in [1.165, 1.54) is 12.8 Å². The normalized spacial score (nSPS) is 15.2. The molecule has 0 atom stereocenters. The Balaban J connectivity index is 1.67. The molecular formula is C15H26ClN3O. The van der Waals surface area contributed by atoms with Gasteiger partial charge in [0.1, 0.15) is 5.15 Å². The fraction of sp³-hybridized carbons (Fsp3) is 0.800. The Morgan fingerprint density at radius 2 is 2.20 bits per heavy atom. The first-order valence-corrected chi connectivity index (χ1v) is 7.97. The van der Waals surface area contributed by atoms with Crippen LogP contribution in [0.3, 0.4) is 0 Å². The number of aromatic nitrogens is 2. The van der Waals surface area contributed by atoms with E-state index < -0.39 is 0 Å². The molecule has 5 heteroatoms. The number of hydrogen-bond donors (Lipinski definition) is 1. The standard InChI is InChI=1S/C15H26ClN3O/c1-11(2)14-13(15(16)19(3)18-14)9-17-7-4-8-20-10-12-5-6-12/h11-12,17H,4-10H2,1-3H3. The van der Waals surface area contributed by atoms with Crippen molar-refractivity contribution in [3.8, 4) is 0 Å². The third-order valence-corrected chi connectivity index (χ3v) is 4.11.